The van der Waals surface area contributed by atoms with E-state index in [1.54, 1.807) is 0 Å². The molecule has 1 rings (SSSR count). The highest BCUT2D eigenvalue weighted by atomic mass is 32.2. The van der Waals surface area contributed by atoms with Crippen LogP contribution in [0.25, 0.3) is 0 Å². The zero-order valence-electron chi connectivity index (χ0n) is 13.0. The van der Waals surface area contributed by atoms with Crippen LogP contribution in [-0.4, -0.2) is 23.9 Å². The number of amides is 1. The number of hydrogen-bond donors (Lipinski definition) is 1. The third kappa shape index (κ3) is 4.43. The second-order valence-electron chi connectivity index (χ2n) is 5.51. The van der Waals surface area contributed by atoms with Crippen molar-refractivity contribution in [3.63, 3.8) is 0 Å². The van der Waals surface area contributed by atoms with Gasteiger partial charge < -0.3 is 10.1 Å². The summed E-state index contributed by atoms with van der Waals surface area (Å²) in [7, 11) is 1.03. The van der Waals surface area contributed by atoms with Gasteiger partial charge in [-0.25, -0.2) is 4.79 Å². The molecule has 1 aromatic carbocycles. The van der Waals surface area contributed by atoms with Crippen LogP contribution in [0.3, 0.4) is 0 Å². The molecule has 0 unspecified atom stereocenters. The summed E-state index contributed by atoms with van der Waals surface area (Å²) in [5, 5.41) is 24.1. The number of benzene rings is 1. The molecule has 1 amide bonds. The van der Waals surface area contributed by atoms with Gasteiger partial charge in [0.1, 0.15) is 11.1 Å². The molecule has 0 aliphatic heterocycles. The summed E-state index contributed by atoms with van der Waals surface area (Å²) >= 11 is 0.796. The SMILES string of the molecule is COC(=O)C(=O)Nc1cc(C(C)(C)C)c(SC#N)cc1[N+](=O)[O-]. The first-order valence-corrected chi connectivity index (χ1v) is 7.21. The number of thiocyanates is 1. The van der Waals surface area contributed by atoms with Crippen LogP contribution in [0.2, 0.25) is 0 Å². The van der Waals surface area contributed by atoms with Crippen LogP contribution in [0.1, 0.15) is 26.3 Å². The van der Waals surface area contributed by atoms with Crippen LogP contribution >= 0.6 is 11.8 Å². The summed E-state index contributed by atoms with van der Waals surface area (Å²) in [6.45, 7) is 5.59. The van der Waals surface area contributed by atoms with E-state index in [9.17, 15) is 19.7 Å². The first kappa shape index (κ1) is 18.4. The van der Waals surface area contributed by atoms with Crippen molar-refractivity contribution in [2.75, 3.05) is 12.4 Å². The number of anilines is 1. The molecule has 8 nitrogen and oxygen atoms in total. The molecule has 0 spiro atoms. The smallest absolute Gasteiger partial charge is 0.396 e. The summed E-state index contributed by atoms with van der Waals surface area (Å²) < 4.78 is 4.28. The van der Waals surface area contributed by atoms with E-state index < -0.39 is 27.9 Å². The van der Waals surface area contributed by atoms with Crippen molar-refractivity contribution >= 4 is 35.0 Å². The Morgan fingerprint density at radius 1 is 1.39 bits per heavy atom. The minimum atomic E-state index is -1.16. The molecule has 0 aliphatic rings. The van der Waals surface area contributed by atoms with Crippen molar-refractivity contribution < 1.29 is 19.2 Å². The molecule has 0 heterocycles. The van der Waals surface area contributed by atoms with Gasteiger partial charge >= 0.3 is 11.9 Å². The molecule has 0 fully saturated rings. The van der Waals surface area contributed by atoms with Crippen molar-refractivity contribution in [3.8, 4) is 5.40 Å². The molecule has 0 aromatic heterocycles. The molecule has 9 heteroatoms. The van der Waals surface area contributed by atoms with Gasteiger partial charge in [0.25, 0.3) is 5.69 Å². The highest BCUT2D eigenvalue weighted by Gasteiger charge is 2.27. The van der Waals surface area contributed by atoms with Gasteiger partial charge in [0, 0.05) is 11.0 Å². The Balaban J connectivity index is 3.49. The molecule has 122 valence electrons. The number of carbonyl (C=O) groups excluding carboxylic acids is 2. The maximum absolute atomic E-state index is 11.6. The number of methoxy groups -OCH3 is 1. The largest absolute Gasteiger partial charge is 0.462 e. The van der Waals surface area contributed by atoms with Gasteiger partial charge in [-0.15, -0.1) is 0 Å². The van der Waals surface area contributed by atoms with Crippen LogP contribution in [-0.2, 0) is 19.7 Å². The van der Waals surface area contributed by atoms with E-state index in [0.717, 1.165) is 18.9 Å². The van der Waals surface area contributed by atoms with Crippen LogP contribution < -0.4 is 5.32 Å². The van der Waals surface area contributed by atoms with E-state index in [4.69, 9.17) is 5.26 Å². The van der Waals surface area contributed by atoms with Gasteiger partial charge in [-0.3, -0.25) is 14.9 Å². The van der Waals surface area contributed by atoms with E-state index in [0.29, 0.717) is 10.5 Å². The highest BCUT2D eigenvalue weighted by Crippen LogP contribution is 2.39. The number of hydrogen-bond acceptors (Lipinski definition) is 7. The molecule has 0 atom stereocenters. The lowest BCUT2D eigenvalue weighted by Crippen LogP contribution is -2.25. The Morgan fingerprint density at radius 2 is 2.00 bits per heavy atom. The number of carbonyl (C=O) groups is 2. The Hall–Kier alpha value is -2.60. The molecule has 0 aliphatic carbocycles. The van der Waals surface area contributed by atoms with Crippen LogP contribution in [0, 0.1) is 20.8 Å². The molecule has 1 aromatic rings. The third-order valence-corrected chi connectivity index (χ3v) is 3.53. The molecular formula is C14H15N3O5S. The minimum Gasteiger partial charge on any atom is -0.462 e. The first-order valence-electron chi connectivity index (χ1n) is 6.40. The predicted molar refractivity (Wildman–Crippen MR) is 83.9 cm³/mol. The maximum atomic E-state index is 11.6. The Bertz CT molecular complexity index is 704. The molecule has 1 N–H and O–H groups in total. The number of nitro benzene ring substituents is 1. The summed E-state index contributed by atoms with van der Waals surface area (Å²) in [5.41, 5.74) is -0.334. The monoisotopic (exact) mass is 337 g/mol. The second-order valence-corrected chi connectivity index (χ2v) is 6.34. The molecular weight excluding hydrogens is 322 g/mol. The van der Waals surface area contributed by atoms with Gasteiger partial charge in [0.15, 0.2) is 0 Å². The summed E-state index contributed by atoms with van der Waals surface area (Å²) in [6.07, 6.45) is 0. The van der Waals surface area contributed by atoms with Crippen molar-refractivity contribution in [1.82, 2.24) is 0 Å². The lowest BCUT2D eigenvalue weighted by Gasteiger charge is -2.22. The fourth-order valence-electron chi connectivity index (χ4n) is 1.81. The molecule has 0 saturated carbocycles. The van der Waals surface area contributed by atoms with Gasteiger partial charge in [0.2, 0.25) is 0 Å². The van der Waals surface area contributed by atoms with E-state index >= 15 is 0 Å². The van der Waals surface area contributed by atoms with Gasteiger partial charge in [-0.1, -0.05) is 20.8 Å². The predicted octanol–water partition coefficient (Wildman–Crippen LogP) is 2.58. The zero-order valence-corrected chi connectivity index (χ0v) is 13.8. The average Bonchev–Trinajstić information content (AvgIpc) is 2.46. The number of rotatable bonds is 3. The first-order chi connectivity index (χ1) is 10.6. The van der Waals surface area contributed by atoms with Gasteiger partial charge in [0.05, 0.1) is 12.0 Å². The minimum absolute atomic E-state index is 0.127. The van der Waals surface area contributed by atoms with Crippen LogP contribution in [0.15, 0.2) is 17.0 Å². The van der Waals surface area contributed by atoms with E-state index in [1.807, 2.05) is 26.2 Å². The molecule has 23 heavy (non-hydrogen) atoms. The fraction of sp³-hybridized carbons (Fsp3) is 0.357. The second kappa shape index (κ2) is 7.11. The third-order valence-electron chi connectivity index (χ3n) is 2.88. The Morgan fingerprint density at radius 3 is 2.43 bits per heavy atom. The quantitative estimate of drug-likeness (QED) is 0.224. The Kier molecular flexibility index (Phi) is 5.70. The maximum Gasteiger partial charge on any atom is 0.396 e. The van der Waals surface area contributed by atoms with Crippen LogP contribution in [0.4, 0.5) is 11.4 Å². The number of nitro groups is 1. The van der Waals surface area contributed by atoms with E-state index in [1.165, 1.54) is 12.1 Å². The fourth-order valence-corrected chi connectivity index (χ4v) is 2.55. The zero-order chi connectivity index (χ0) is 17.8. The number of ether oxygens (including phenoxy) is 1. The van der Waals surface area contributed by atoms with Crippen molar-refractivity contribution in [2.45, 2.75) is 31.1 Å². The number of nitriles is 1. The lowest BCUT2D eigenvalue weighted by atomic mass is 9.86. The number of thioether (sulfide) groups is 1. The van der Waals surface area contributed by atoms with E-state index in [-0.39, 0.29) is 5.69 Å². The molecule has 0 saturated heterocycles. The summed E-state index contributed by atoms with van der Waals surface area (Å²) in [4.78, 5) is 33.8. The normalized spacial score (nSPS) is 10.6. The van der Waals surface area contributed by atoms with Crippen molar-refractivity contribution in [2.24, 2.45) is 0 Å². The topological polar surface area (TPSA) is 122 Å². The summed E-state index contributed by atoms with van der Waals surface area (Å²) in [5.74, 6) is -2.27. The van der Waals surface area contributed by atoms with E-state index in [2.05, 4.69) is 10.1 Å². The Labute approximate surface area is 137 Å². The lowest BCUT2D eigenvalue weighted by molar-refractivity contribution is -0.384. The average molecular weight is 337 g/mol. The molecule has 0 bridgehead atoms. The van der Waals surface area contributed by atoms with Gasteiger partial charge in [-0.2, -0.15) is 5.26 Å². The number of nitrogens with one attached hydrogen (secondary N) is 1. The molecule has 0 radical (unpaired) electrons. The highest BCUT2D eigenvalue weighted by molar-refractivity contribution is 8.03. The van der Waals surface area contributed by atoms with Crippen molar-refractivity contribution in [1.29, 1.82) is 5.26 Å². The number of esters is 1. The number of nitrogens with zero attached hydrogens (tertiary/aromatic N) is 2. The van der Waals surface area contributed by atoms with Crippen LogP contribution in [0.5, 0.6) is 0 Å². The summed E-state index contributed by atoms with van der Waals surface area (Å²) in [6, 6.07) is 2.61. The van der Waals surface area contributed by atoms with Crippen molar-refractivity contribution in [3.05, 3.63) is 27.8 Å². The van der Waals surface area contributed by atoms with Gasteiger partial charge in [-0.05, 0) is 28.8 Å². The standard InChI is InChI=1S/C14H15N3O5S/c1-14(2,3)8-5-9(16-12(18)13(19)22-4)10(17(20)21)6-11(8)23-7-15/h5-6H,1-4H3,(H,16,18).